The number of hydrogen-bond donors (Lipinski definition) is 0. The number of halogens is 2. The van der Waals surface area contributed by atoms with Gasteiger partial charge in [0.25, 0.3) is 0 Å². The topological polar surface area (TPSA) is 20.3 Å². The van der Waals surface area contributed by atoms with Gasteiger partial charge in [0.1, 0.15) is 0 Å². The lowest BCUT2D eigenvalue weighted by Crippen LogP contribution is -2.34. The number of thioether (sulfide) groups is 1. The highest BCUT2D eigenvalue weighted by Crippen LogP contribution is 2.23. The third-order valence-electron chi connectivity index (χ3n) is 3.13. The number of hydrogen-bond acceptors (Lipinski definition) is 3. The Hall–Kier alpha value is -0.220. The van der Waals surface area contributed by atoms with Gasteiger partial charge >= 0.3 is 0 Å². The largest absolute Gasteiger partial charge is 0.296 e. The second-order valence-electron chi connectivity index (χ2n) is 4.60. The predicted octanol–water partition coefficient (Wildman–Crippen LogP) is 4.25. The Bertz CT molecular complexity index is 439. The molecule has 0 saturated carbocycles. The van der Waals surface area contributed by atoms with Gasteiger partial charge in [0.2, 0.25) is 0 Å². The summed E-state index contributed by atoms with van der Waals surface area (Å²) in [6.07, 6.45) is 3.17. The molecule has 0 aliphatic rings. The number of carbonyl (C=O) groups excluding carboxylic acids is 1. The number of rotatable bonds is 7. The second kappa shape index (κ2) is 8.15. The lowest BCUT2D eigenvalue weighted by atomic mass is 10.1. The Kier molecular flexibility index (Phi) is 7.22. The zero-order valence-corrected chi connectivity index (χ0v) is 13.8. The van der Waals surface area contributed by atoms with Crippen LogP contribution in [0, 0.1) is 0 Å². The van der Waals surface area contributed by atoms with E-state index in [0.717, 1.165) is 12.2 Å². The van der Waals surface area contributed by atoms with Gasteiger partial charge in [0, 0.05) is 11.6 Å². The number of likely N-dealkylation sites (N-methyl/N-ethyl adjacent to an activating group) is 1. The van der Waals surface area contributed by atoms with Gasteiger partial charge in [0.05, 0.1) is 16.6 Å². The van der Waals surface area contributed by atoms with Crippen LogP contribution in [0.2, 0.25) is 10.0 Å². The van der Waals surface area contributed by atoms with Gasteiger partial charge < -0.3 is 0 Å². The first-order valence-corrected chi connectivity index (χ1v) is 8.28. The molecule has 0 fully saturated rings. The summed E-state index contributed by atoms with van der Waals surface area (Å²) in [6.45, 7) is 2.53. The molecule has 0 aliphatic heterocycles. The van der Waals surface area contributed by atoms with Crippen LogP contribution in [0.25, 0.3) is 0 Å². The molecular formula is C14H19Cl2NOS. The van der Waals surface area contributed by atoms with Crippen LogP contribution in [0.5, 0.6) is 0 Å². The summed E-state index contributed by atoms with van der Waals surface area (Å²) < 4.78 is 0. The molecule has 5 heteroatoms. The van der Waals surface area contributed by atoms with Gasteiger partial charge in [-0.05, 0) is 50.6 Å². The minimum atomic E-state index is 0.0667. The lowest BCUT2D eigenvalue weighted by Gasteiger charge is -2.23. The van der Waals surface area contributed by atoms with E-state index in [-0.39, 0.29) is 5.78 Å². The molecule has 0 saturated heterocycles. The average Bonchev–Trinajstić information content (AvgIpc) is 2.38. The van der Waals surface area contributed by atoms with Crippen LogP contribution in [0.4, 0.5) is 0 Å². The maximum Gasteiger partial charge on any atom is 0.176 e. The summed E-state index contributed by atoms with van der Waals surface area (Å²) in [5.41, 5.74) is 0.610. The molecule has 1 atom stereocenters. The molecule has 0 radical (unpaired) electrons. The van der Waals surface area contributed by atoms with E-state index in [1.807, 2.05) is 18.8 Å². The summed E-state index contributed by atoms with van der Waals surface area (Å²) in [7, 11) is 1.97. The molecule has 1 aromatic rings. The number of Topliss-reactive ketones (excluding diaryl/α,β-unsaturated/α-hetero) is 1. The number of benzene rings is 1. The van der Waals surface area contributed by atoms with E-state index in [2.05, 4.69) is 18.1 Å². The van der Waals surface area contributed by atoms with Crippen LogP contribution in [0.15, 0.2) is 18.2 Å². The van der Waals surface area contributed by atoms with Crippen LogP contribution in [-0.4, -0.2) is 42.3 Å². The van der Waals surface area contributed by atoms with Crippen molar-refractivity contribution in [3.05, 3.63) is 33.8 Å². The normalized spacial score (nSPS) is 12.7. The Balaban J connectivity index is 2.60. The zero-order valence-electron chi connectivity index (χ0n) is 11.5. The molecule has 0 amide bonds. The molecule has 0 heterocycles. The zero-order chi connectivity index (χ0) is 14.4. The fourth-order valence-corrected chi connectivity index (χ4v) is 2.53. The van der Waals surface area contributed by atoms with Crippen molar-refractivity contribution >= 4 is 40.7 Å². The third kappa shape index (κ3) is 5.35. The van der Waals surface area contributed by atoms with Gasteiger partial charge in [-0.15, -0.1) is 0 Å². The van der Waals surface area contributed by atoms with Crippen molar-refractivity contribution in [2.24, 2.45) is 0 Å². The molecule has 19 heavy (non-hydrogen) atoms. The Labute approximate surface area is 129 Å². The highest BCUT2D eigenvalue weighted by Gasteiger charge is 2.15. The number of nitrogens with zero attached hydrogens (tertiary/aromatic N) is 1. The molecule has 1 unspecified atom stereocenters. The smallest absolute Gasteiger partial charge is 0.176 e. The summed E-state index contributed by atoms with van der Waals surface area (Å²) in [5.74, 6) is 1.17. The van der Waals surface area contributed by atoms with E-state index in [0.29, 0.717) is 28.2 Å². The van der Waals surface area contributed by atoms with E-state index >= 15 is 0 Å². The van der Waals surface area contributed by atoms with E-state index in [4.69, 9.17) is 23.2 Å². The van der Waals surface area contributed by atoms with Crippen molar-refractivity contribution in [1.82, 2.24) is 4.90 Å². The number of ketones is 1. The first kappa shape index (κ1) is 16.8. The molecule has 0 spiro atoms. The van der Waals surface area contributed by atoms with Crippen LogP contribution in [0.1, 0.15) is 23.7 Å². The average molecular weight is 320 g/mol. The summed E-state index contributed by atoms with van der Waals surface area (Å²) in [5, 5.41) is 0.894. The maximum atomic E-state index is 12.1. The maximum absolute atomic E-state index is 12.1. The Morgan fingerprint density at radius 2 is 2.05 bits per heavy atom. The van der Waals surface area contributed by atoms with Crippen molar-refractivity contribution in [2.45, 2.75) is 19.4 Å². The quantitative estimate of drug-likeness (QED) is 0.701. The molecule has 1 rings (SSSR count). The van der Waals surface area contributed by atoms with Crippen LogP contribution in [-0.2, 0) is 0 Å². The van der Waals surface area contributed by atoms with Crippen molar-refractivity contribution in [2.75, 3.05) is 25.6 Å². The van der Waals surface area contributed by atoms with Gasteiger partial charge in [0.15, 0.2) is 5.78 Å². The molecule has 1 aromatic carbocycles. The van der Waals surface area contributed by atoms with Crippen molar-refractivity contribution in [1.29, 1.82) is 0 Å². The molecule has 0 aliphatic carbocycles. The molecular weight excluding hydrogens is 301 g/mol. The van der Waals surface area contributed by atoms with Gasteiger partial charge in [-0.25, -0.2) is 0 Å². The fraction of sp³-hybridized carbons (Fsp3) is 0.500. The first-order chi connectivity index (χ1) is 8.95. The van der Waals surface area contributed by atoms with Gasteiger partial charge in [-0.1, -0.05) is 23.2 Å². The van der Waals surface area contributed by atoms with Crippen molar-refractivity contribution < 1.29 is 4.79 Å². The summed E-state index contributed by atoms with van der Waals surface area (Å²) in [6, 6.07) is 5.40. The minimum absolute atomic E-state index is 0.0667. The highest BCUT2D eigenvalue weighted by molar-refractivity contribution is 7.98. The summed E-state index contributed by atoms with van der Waals surface area (Å²) >= 11 is 13.6. The highest BCUT2D eigenvalue weighted by atomic mass is 35.5. The van der Waals surface area contributed by atoms with Crippen LogP contribution >= 0.6 is 35.0 Å². The second-order valence-corrected chi connectivity index (χ2v) is 6.40. The predicted molar refractivity (Wildman–Crippen MR) is 85.9 cm³/mol. The van der Waals surface area contributed by atoms with Crippen molar-refractivity contribution in [3.63, 3.8) is 0 Å². The Morgan fingerprint density at radius 1 is 1.37 bits per heavy atom. The van der Waals surface area contributed by atoms with Crippen LogP contribution < -0.4 is 0 Å². The lowest BCUT2D eigenvalue weighted by molar-refractivity contribution is 0.0923. The van der Waals surface area contributed by atoms with E-state index < -0.39 is 0 Å². The van der Waals surface area contributed by atoms with Gasteiger partial charge in [-0.3, -0.25) is 9.69 Å². The SMILES string of the molecule is CSCCC(C)N(C)CC(=O)c1ccc(Cl)c(Cl)c1. The van der Waals surface area contributed by atoms with Gasteiger partial charge in [-0.2, -0.15) is 11.8 Å². The van der Waals surface area contributed by atoms with Crippen LogP contribution in [0.3, 0.4) is 0 Å². The summed E-state index contributed by atoms with van der Waals surface area (Å²) in [4.78, 5) is 14.2. The van der Waals surface area contributed by atoms with Crippen molar-refractivity contribution in [3.8, 4) is 0 Å². The first-order valence-electron chi connectivity index (χ1n) is 6.13. The molecule has 2 nitrogen and oxygen atoms in total. The monoisotopic (exact) mass is 319 g/mol. The Morgan fingerprint density at radius 3 is 2.63 bits per heavy atom. The molecule has 106 valence electrons. The molecule has 0 aromatic heterocycles. The minimum Gasteiger partial charge on any atom is -0.296 e. The fourth-order valence-electron chi connectivity index (χ4n) is 1.65. The van der Waals surface area contributed by atoms with E-state index in [1.54, 1.807) is 18.2 Å². The van der Waals surface area contributed by atoms with E-state index in [9.17, 15) is 4.79 Å². The molecule has 0 N–H and O–H groups in total. The third-order valence-corrected chi connectivity index (χ3v) is 4.51. The number of carbonyl (C=O) groups is 1. The van der Waals surface area contributed by atoms with E-state index in [1.165, 1.54) is 0 Å². The standard InChI is InChI=1S/C14H19Cl2NOS/c1-10(6-7-19-3)17(2)9-14(18)11-4-5-12(15)13(16)8-11/h4-5,8,10H,6-7,9H2,1-3H3. The molecule has 0 bridgehead atoms.